The molecule has 1 atom stereocenters. The fourth-order valence-corrected chi connectivity index (χ4v) is 3.57. The van der Waals surface area contributed by atoms with Crippen molar-refractivity contribution in [2.45, 2.75) is 17.9 Å². The molecule has 8 heteroatoms. The molecule has 0 aliphatic rings. The van der Waals surface area contributed by atoms with Crippen LogP contribution in [0.25, 0.3) is 0 Å². The van der Waals surface area contributed by atoms with Gasteiger partial charge in [-0.3, -0.25) is 9.59 Å². The van der Waals surface area contributed by atoms with E-state index in [1.165, 1.54) is 11.8 Å². The van der Waals surface area contributed by atoms with Crippen LogP contribution >= 0.6 is 35.0 Å². The lowest BCUT2D eigenvalue weighted by molar-refractivity contribution is -0.116. The van der Waals surface area contributed by atoms with Crippen molar-refractivity contribution in [3.63, 3.8) is 0 Å². The lowest BCUT2D eigenvalue weighted by Gasteiger charge is -2.16. The summed E-state index contributed by atoms with van der Waals surface area (Å²) in [7, 11) is 0. The van der Waals surface area contributed by atoms with Gasteiger partial charge in [0, 0.05) is 21.0 Å². The second-order valence-corrected chi connectivity index (χ2v) is 7.43. The molecule has 0 saturated heterocycles. The first-order valence-electron chi connectivity index (χ1n) is 7.85. The van der Waals surface area contributed by atoms with E-state index in [2.05, 4.69) is 10.6 Å². The highest BCUT2D eigenvalue weighted by Gasteiger charge is 2.13. The molecule has 0 heterocycles. The fourth-order valence-electron chi connectivity index (χ4n) is 2.25. The number of nitrogens with two attached hydrogens (primary N) is 1. The highest BCUT2D eigenvalue weighted by molar-refractivity contribution is 8.00. The molecule has 26 heavy (non-hydrogen) atoms. The Bertz CT molecular complexity index is 802. The van der Waals surface area contributed by atoms with Gasteiger partial charge in [0.05, 0.1) is 18.0 Å². The first kappa shape index (κ1) is 20.6. The van der Waals surface area contributed by atoms with Gasteiger partial charge in [-0.05, 0) is 36.8 Å². The van der Waals surface area contributed by atoms with Crippen molar-refractivity contribution in [2.24, 2.45) is 5.73 Å². The third kappa shape index (κ3) is 6.21. The van der Waals surface area contributed by atoms with Gasteiger partial charge in [0.25, 0.3) is 0 Å². The van der Waals surface area contributed by atoms with Crippen LogP contribution < -0.4 is 16.4 Å². The van der Waals surface area contributed by atoms with E-state index in [1.807, 2.05) is 31.2 Å². The van der Waals surface area contributed by atoms with E-state index in [0.717, 1.165) is 10.5 Å². The zero-order valence-electron chi connectivity index (χ0n) is 14.1. The molecule has 2 aromatic rings. The number of hydrogen-bond acceptors (Lipinski definition) is 4. The Kier molecular flexibility index (Phi) is 7.78. The van der Waals surface area contributed by atoms with Crippen LogP contribution in [-0.4, -0.2) is 24.1 Å². The molecular weight excluding hydrogens is 393 g/mol. The number of rotatable bonds is 8. The molecule has 5 nitrogen and oxygen atoms in total. The number of carbonyl (C=O) groups excluding carboxylic acids is 2. The molecule has 4 N–H and O–H groups in total. The third-order valence-electron chi connectivity index (χ3n) is 3.53. The first-order chi connectivity index (χ1) is 12.4. The summed E-state index contributed by atoms with van der Waals surface area (Å²) in [5.41, 5.74) is 6.68. The smallest absolute Gasteiger partial charge is 0.238 e. The molecule has 0 bridgehead atoms. The van der Waals surface area contributed by atoms with Crippen LogP contribution in [0.15, 0.2) is 47.4 Å². The predicted molar refractivity (Wildman–Crippen MR) is 108 cm³/mol. The normalized spacial score (nSPS) is 11.8. The zero-order valence-corrected chi connectivity index (χ0v) is 16.4. The lowest BCUT2D eigenvalue weighted by atomic mass is 10.1. The summed E-state index contributed by atoms with van der Waals surface area (Å²) in [6, 6.07) is 12.4. The van der Waals surface area contributed by atoms with E-state index in [1.54, 1.807) is 18.2 Å². The predicted octanol–water partition coefficient (Wildman–Crippen LogP) is 3.86. The zero-order chi connectivity index (χ0) is 19.1. The van der Waals surface area contributed by atoms with Crippen LogP contribution in [0.5, 0.6) is 0 Å². The number of amides is 2. The highest BCUT2D eigenvalue weighted by atomic mass is 35.5. The van der Waals surface area contributed by atoms with Gasteiger partial charge in [-0.1, -0.05) is 41.4 Å². The Morgan fingerprint density at radius 3 is 2.62 bits per heavy atom. The average molecular weight is 412 g/mol. The summed E-state index contributed by atoms with van der Waals surface area (Å²) in [5, 5.41) is 7.08. The van der Waals surface area contributed by atoms with Crippen molar-refractivity contribution in [2.75, 3.05) is 17.6 Å². The topological polar surface area (TPSA) is 84.2 Å². The van der Waals surface area contributed by atoms with Gasteiger partial charge in [0.2, 0.25) is 11.8 Å². The Labute approximate surface area is 166 Å². The average Bonchev–Trinajstić information content (AvgIpc) is 2.59. The first-order valence-corrected chi connectivity index (χ1v) is 9.59. The lowest BCUT2D eigenvalue weighted by Crippen LogP contribution is -2.30. The standard InChI is InChI=1S/C18H19Cl2N3O2S/c1-11(13-7-6-12(19)8-14(13)20)22-9-18(25)23-15-4-2-3-5-16(15)26-10-17(21)24/h2-8,11,22H,9-10H2,1H3,(H2,21,24)(H,23,25)/t11-/m1/s1. The summed E-state index contributed by atoms with van der Waals surface area (Å²) in [5.74, 6) is -0.461. The Hall–Kier alpha value is -1.73. The summed E-state index contributed by atoms with van der Waals surface area (Å²) in [6.07, 6.45) is 0. The summed E-state index contributed by atoms with van der Waals surface area (Å²) < 4.78 is 0. The quantitative estimate of drug-likeness (QED) is 0.575. The van der Waals surface area contributed by atoms with E-state index in [9.17, 15) is 9.59 Å². The van der Waals surface area contributed by atoms with Crippen molar-refractivity contribution in [3.8, 4) is 0 Å². The van der Waals surface area contributed by atoms with Crippen LogP contribution in [0.2, 0.25) is 10.0 Å². The van der Waals surface area contributed by atoms with Crippen molar-refractivity contribution in [3.05, 3.63) is 58.1 Å². The Morgan fingerprint density at radius 1 is 1.19 bits per heavy atom. The number of para-hydroxylation sites is 1. The fraction of sp³-hybridized carbons (Fsp3) is 0.222. The molecule has 0 aliphatic carbocycles. The van der Waals surface area contributed by atoms with Crippen LogP contribution in [0, 0.1) is 0 Å². The number of anilines is 1. The van der Waals surface area contributed by atoms with E-state index < -0.39 is 5.91 Å². The van der Waals surface area contributed by atoms with Crippen molar-refractivity contribution in [1.82, 2.24) is 5.32 Å². The number of halogens is 2. The molecule has 2 aromatic carbocycles. The maximum absolute atomic E-state index is 12.2. The molecule has 0 aliphatic heterocycles. The highest BCUT2D eigenvalue weighted by Crippen LogP contribution is 2.27. The van der Waals surface area contributed by atoms with Crippen LogP contribution in [0.4, 0.5) is 5.69 Å². The summed E-state index contributed by atoms with van der Waals surface area (Å²) in [6.45, 7) is 2.02. The van der Waals surface area contributed by atoms with Crippen LogP contribution in [0.1, 0.15) is 18.5 Å². The number of thioether (sulfide) groups is 1. The van der Waals surface area contributed by atoms with Gasteiger partial charge >= 0.3 is 0 Å². The van der Waals surface area contributed by atoms with E-state index in [-0.39, 0.29) is 24.2 Å². The van der Waals surface area contributed by atoms with Gasteiger partial charge in [0.15, 0.2) is 0 Å². The van der Waals surface area contributed by atoms with Gasteiger partial charge in [-0.25, -0.2) is 0 Å². The Balaban J connectivity index is 1.93. The number of carbonyl (C=O) groups is 2. The molecule has 0 unspecified atom stereocenters. The molecular formula is C18H19Cl2N3O2S. The van der Waals surface area contributed by atoms with E-state index in [4.69, 9.17) is 28.9 Å². The molecule has 138 valence electrons. The minimum absolute atomic E-state index is 0.106. The maximum atomic E-state index is 12.2. The number of nitrogens with one attached hydrogen (secondary N) is 2. The maximum Gasteiger partial charge on any atom is 0.238 e. The summed E-state index contributed by atoms with van der Waals surface area (Å²) in [4.78, 5) is 24.0. The molecule has 0 aromatic heterocycles. The van der Waals surface area contributed by atoms with Gasteiger partial charge in [-0.2, -0.15) is 0 Å². The SMILES string of the molecule is C[C@@H](NCC(=O)Nc1ccccc1SCC(N)=O)c1ccc(Cl)cc1Cl. The van der Waals surface area contributed by atoms with Crippen molar-refractivity contribution < 1.29 is 9.59 Å². The Morgan fingerprint density at radius 2 is 1.92 bits per heavy atom. The number of hydrogen-bond donors (Lipinski definition) is 3. The minimum atomic E-state index is -0.411. The largest absolute Gasteiger partial charge is 0.369 e. The molecule has 0 saturated carbocycles. The molecule has 2 rings (SSSR count). The third-order valence-corrected chi connectivity index (χ3v) is 5.19. The van der Waals surface area contributed by atoms with E-state index in [0.29, 0.717) is 15.7 Å². The van der Waals surface area contributed by atoms with Crippen LogP contribution in [0.3, 0.4) is 0 Å². The van der Waals surface area contributed by atoms with Crippen molar-refractivity contribution >= 4 is 52.5 Å². The second-order valence-electron chi connectivity index (χ2n) is 5.57. The van der Waals surface area contributed by atoms with Gasteiger partial charge in [0.1, 0.15) is 0 Å². The molecule has 0 radical (unpaired) electrons. The molecule has 0 fully saturated rings. The van der Waals surface area contributed by atoms with Gasteiger partial charge < -0.3 is 16.4 Å². The monoisotopic (exact) mass is 411 g/mol. The van der Waals surface area contributed by atoms with Crippen molar-refractivity contribution in [1.29, 1.82) is 0 Å². The second kappa shape index (κ2) is 9.83. The van der Waals surface area contributed by atoms with E-state index >= 15 is 0 Å². The number of primary amides is 1. The number of benzene rings is 2. The van der Waals surface area contributed by atoms with Crippen LogP contribution in [-0.2, 0) is 9.59 Å². The molecule has 0 spiro atoms. The minimum Gasteiger partial charge on any atom is -0.369 e. The summed E-state index contributed by atoms with van der Waals surface area (Å²) >= 11 is 13.4. The molecule has 2 amide bonds. The van der Waals surface area contributed by atoms with Gasteiger partial charge in [-0.15, -0.1) is 11.8 Å².